The number of anilines is 1. The van der Waals surface area contributed by atoms with Crippen LogP contribution in [0.25, 0.3) is 10.8 Å². The quantitative estimate of drug-likeness (QED) is 0.917. The number of hydrogen-bond acceptors (Lipinski definition) is 4. The van der Waals surface area contributed by atoms with Gasteiger partial charge in [0.25, 0.3) is 0 Å². The van der Waals surface area contributed by atoms with E-state index in [9.17, 15) is 9.90 Å². The molecule has 0 radical (unpaired) electrons. The van der Waals surface area contributed by atoms with Crippen molar-refractivity contribution in [1.82, 2.24) is 4.98 Å². The van der Waals surface area contributed by atoms with Gasteiger partial charge in [0.1, 0.15) is 5.82 Å². The Kier molecular flexibility index (Phi) is 4.49. The highest BCUT2D eigenvalue weighted by Crippen LogP contribution is 2.28. The molecular formula is C15H18N2O2S. The molecule has 20 heavy (non-hydrogen) atoms. The van der Waals surface area contributed by atoms with Crippen molar-refractivity contribution < 1.29 is 9.90 Å². The zero-order chi connectivity index (χ0) is 14.7. The van der Waals surface area contributed by atoms with Crippen LogP contribution in [0.3, 0.4) is 0 Å². The van der Waals surface area contributed by atoms with Gasteiger partial charge >= 0.3 is 5.97 Å². The molecule has 1 aromatic carbocycles. The highest BCUT2D eigenvalue weighted by Gasteiger charge is 2.17. The molecule has 1 atom stereocenters. The minimum atomic E-state index is -0.944. The fourth-order valence-corrected chi connectivity index (χ4v) is 2.90. The number of carboxylic acid groups (broad SMARTS) is 1. The van der Waals surface area contributed by atoms with E-state index in [0.717, 1.165) is 22.3 Å². The van der Waals surface area contributed by atoms with E-state index in [1.807, 2.05) is 31.3 Å². The van der Waals surface area contributed by atoms with E-state index in [4.69, 9.17) is 0 Å². The predicted octanol–water partition coefficient (Wildman–Crippen LogP) is 3.12. The molecule has 0 amide bonds. The monoisotopic (exact) mass is 290 g/mol. The highest BCUT2D eigenvalue weighted by atomic mass is 32.2. The van der Waals surface area contributed by atoms with Crippen molar-refractivity contribution in [2.24, 2.45) is 0 Å². The molecule has 2 aromatic rings. The first-order valence-electron chi connectivity index (χ1n) is 6.39. The fourth-order valence-electron chi connectivity index (χ4n) is 2.19. The number of aromatic nitrogens is 1. The number of pyridine rings is 1. The average Bonchev–Trinajstić information content (AvgIpc) is 2.45. The summed E-state index contributed by atoms with van der Waals surface area (Å²) in [4.78, 5) is 17.7. The van der Waals surface area contributed by atoms with Crippen molar-refractivity contribution in [3.63, 3.8) is 0 Å². The van der Waals surface area contributed by atoms with E-state index in [1.165, 1.54) is 6.20 Å². The number of carboxylic acids is 1. The van der Waals surface area contributed by atoms with Gasteiger partial charge in [-0.15, -0.1) is 0 Å². The maximum Gasteiger partial charge on any atom is 0.337 e. The van der Waals surface area contributed by atoms with E-state index in [0.29, 0.717) is 6.04 Å². The van der Waals surface area contributed by atoms with Crippen LogP contribution in [-0.4, -0.2) is 41.2 Å². The second-order valence-corrected chi connectivity index (χ2v) is 5.67. The van der Waals surface area contributed by atoms with E-state index in [-0.39, 0.29) is 5.56 Å². The lowest BCUT2D eigenvalue weighted by Gasteiger charge is -2.26. The first-order chi connectivity index (χ1) is 9.56. The number of thioether (sulfide) groups is 1. The third kappa shape index (κ3) is 2.72. The van der Waals surface area contributed by atoms with Crippen molar-refractivity contribution in [1.29, 1.82) is 0 Å². The summed E-state index contributed by atoms with van der Waals surface area (Å²) in [7, 11) is 2.00. The summed E-state index contributed by atoms with van der Waals surface area (Å²) in [5.41, 5.74) is 0.246. The van der Waals surface area contributed by atoms with E-state index in [2.05, 4.69) is 23.1 Å². The van der Waals surface area contributed by atoms with Crippen LogP contribution in [0.5, 0.6) is 0 Å². The second-order valence-electron chi connectivity index (χ2n) is 4.76. The molecule has 0 spiro atoms. The molecule has 0 aliphatic carbocycles. The Bertz CT molecular complexity index is 630. The third-order valence-electron chi connectivity index (χ3n) is 3.41. The Morgan fingerprint density at radius 2 is 2.05 bits per heavy atom. The van der Waals surface area contributed by atoms with Crippen molar-refractivity contribution >= 4 is 34.3 Å². The molecular weight excluding hydrogens is 272 g/mol. The summed E-state index contributed by atoms with van der Waals surface area (Å²) in [5.74, 6) is 0.875. The van der Waals surface area contributed by atoms with E-state index >= 15 is 0 Å². The number of carbonyl (C=O) groups is 1. The van der Waals surface area contributed by atoms with Crippen LogP contribution in [0.2, 0.25) is 0 Å². The number of hydrogen-bond donors (Lipinski definition) is 1. The zero-order valence-corrected chi connectivity index (χ0v) is 12.6. The summed E-state index contributed by atoms with van der Waals surface area (Å²) in [6.07, 6.45) is 3.52. The standard InChI is InChI=1S/C15H18N2O2S/c1-10(9-20-3)17(2)14-12-7-5-4-6-11(12)13(8-16-14)15(18)19/h4-8,10H,9H2,1-3H3,(H,18,19). The van der Waals surface area contributed by atoms with Gasteiger partial charge in [-0.3, -0.25) is 0 Å². The first kappa shape index (κ1) is 14.7. The topological polar surface area (TPSA) is 53.4 Å². The third-order valence-corrected chi connectivity index (χ3v) is 4.22. The molecule has 0 saturated carbocycles. The summed E-state index contributed by atoms with van der Waals surface area (Å²) in [6.45, 7) is 2.14. The molecule has 0 saturated heterocycles. The first-order valence-corrected chi connectivity index (χ1v) is 7.78. The molecule has 1 heterocycles. The predicted molar refractivity (Wildman–Crippen MR) is 84.9 cm³/mol. The Balaban J connectivity index is 2.56. The molecule has 0 fully saturated rings. The van der Waals surface area contributed by atoms with Gasteiger partial charge in [0.15, 0.2) is 0 Å². The lowest BCUT2D eigenvalue weighted by Crippen LogP contribution is -2.31. The summed E-state index contributed by atoms with van der Waals surface area (Å²) in [5, 5.41) is 10.9. The van der Waals surface area contributed by atoms with Gasteiger partial charge in [-0.2, -0.15) is 11.8 Å². The van der Waals surface area contributed by atoms with Crippen molar-refractivity contribution in [3.8, 4) is 0 Å². The number of benzene rings is 1. The molecule has 4 nitrogen and oxygen atoms in total. The molecule has 1 aromatic heterocycles. The summed E-state index contributed by atoms with van der Waals surface area (Å²) < 4.78 is 0. The molecule has 0 aliphatic heterocycles. The van der Waals surface area contributed by atoms with E-state index in [1.54, 1.807) is 11.8 Å². The maximum absolute atomic E-state index is 11.3. The Morgan fingerprint density at radius 3 is 2.65 bits per heavy atom. The van der Waals surface area contributed by atoms with Crippen LogP contribution in [-0.2, 0) is 0 Å². The number of nitrogens with zero attached hydrogens (tertiary/aromatic N) is 2. The van der Waals surface area contributed by atoms with Gasteiger partial charge in [-0.1, -0.05) is 24.3 Å². The van der Waals surface area contributed by atoms with Gasteiger partial charge in [-0.25, -0.2) is 9.78 Å². The van der Waals surface area contributed by atoms with Crippen LogP contribution < -0.4 is 4.90 Å². The average molecular weight is 290 g/mol. The van der Waals surface area contributed by atoms with Crippen molar-refractivity contribution in [2.45, 2.75) is 13.0 Å². The van der Waals surface area contributed by atoms with E-state index < -0.39 is 5.97 Å². The number of fused-ring (bicyclic) bond motifs is 1. The smallest absolute Gasteiger partial charge is 0.337 e. The molecule has 106 valence electrons. The van der Waals surface area contributed by atoms with Gasteiger partial charge < -0.3 is 10.0 Å². The fraction of sp³-hybridized carbons (Fsp3) is 0.333. The largest absolute Gasteiger partial charge is 0.478 e. The van der Waals surface area contributed by atoms with Crippen LogP contribution >= 0.6 is 11.8 Å². The zero-order valence-electron chi connectivity index (χ0n) is 11.8. The lowest BCUT2D eigenvalue weighted by atomic mass is 10.1. The molecule has 0 bridgehead atoms. The highest BCUT2D eigenvalue weighted by molar-refractivity contribution is 7.98. The van der Waals surface area contributed by atoms with Gasteiger partial charge in [-0.05, 0) is 13.2 Å². The van der Waals surface area contributed by atoms with Crippen LogP contribution in [0.1, 0.15) is 17.3 Å². The van der Waals surface area contributed by atoms with Gasteiger partial charge in [0.05, 0.1) is 5.56 Å². The van der Waals surface area contributed by atoms with Crippen molar-refractivity contribution in [2.75, 3.05) is 24.0 Å². The SMILES string of the molecule is CSCC(C)N(C)c1ncc(C(=O)O)c2ccccc12. The molecule has 2 rings (SSSR count). The Morgan fingerprint density at radius 1 is 1.40 bits per heavy atom. The number of rotatable bonds is 5. The minimum absolute atomic E-state index is 0.246. The number of aromatic carboxylic acids is 1. The summed E-state index contributed by atoms with van der Waals surface area (Å²) >= 11 is 1.78. The minimum Gasteiger partial charge on any atom is -0.478 e. The van der Waals surface area contributed by atoms with Crippen molar-refractivity contribution in [3.05, 3.63) is 36.0 Å². The Labute approximate surface area is 122 Å². The lowest BCUT2D eigenvalue weighted by molar-refractivity contribution is 0.0698. The molecule has 1 N–H and O–H groups in total. The van der Waals surface area contributed by atoms with Gasteiger partial charge in [0.2, 0.25) is 0 Å². The van der Waals surface area contributed by atoms with Crippen LogP contribution in [0.15, 0.2) is 30.5 Å². The molecule has 0 aliphatic rings. The Hall–Kier alpha value is -1.75. The normalized spacial score (nSPS) is 12.3. The summed E-state index contributed by atoms with van der Waals surface area (Å²) in [6, 6.07) is 7.84. The second kappa shape index (κ2) is 6.13. The van der Waals surface area contributed by atoms with Crippen LogP contribution in [0.4, 0.5) is 5.82 Å². The maximum atomic E-state index is 11.3. The van der Waals surface area contributed by atoms with Gasteiger partial charge in [0, 0.05) is 35.8 Å². The molecule has 1 unspecified atom stereocenters. The van der Waals surface area contributed by atoms with Crippen LogP contribution in [0, 0.1) is 0 Å². The molecule has 5 heteroatoms.